The van der Waals surface area contributed by atoms with E-state index in [1.807, 2.05) is 36.4 Å². The zero-order chi connectivity index (χ0) is 16.5. The lowest BCUT2D eigenvalue weighted by Crippen LogP contribution is -2.18. The number of hydrazone groups is 1. The quantitative estimate of drug-likeness (QED) is 0.443. The van der Waals surface area contributed by atoms with Gasteiger partial charge in [-0.3, -0.25) is 4.79 Å². The van der Waals surface area contributed by atoms with Crippen LogP contribution in [0.1, 0.15) is 35.7 Å². The molecule has 0 unspecified atom stereocenters. The number of carbonyl (C=O) groups excluding carboxylic acids is 1. The van der Waals surface area contributed by atoms with Crippen molar-refractivity contribution in [3.63, 3.8) is 0 Å². The van der Waals surface area contributed by atoms with Gasteiger partial charge < -0.3 is 4.74 Å². The van der Waals surface area contributed by atoms with Crippen LogP contribution >= 0.6 is 15.9 Å². The smallest absolute Gasteiger partial charge is 0.272 e. The summed E-state index contributed by atoms with van der Waals surface area (Å²) >= 11 is 3.35. The highest BCUT2D eigenvalue weighted by Crippen LogP contribution is 2.17. The molecule has 0 radical (unpaired) electrons. The molecule has 0 saturated carbocycles. The first-order valence-corrected chi connectivity index (χ1v) is 8.31. The van der Waals surface area contributed by atoms with Crippen LogP contribution in [0.25, 0.3) is 0 Å². The van der Waals surface area contributed by atoms with E-state index in [1.165, 1.54) is 0 Å². The van der Waals surface area contributed by atoms with Crippen molar-refractivity contribution in [3.8, 4) is 5.75 Å². The summed E-state index contributed by atoms with van der Waals surface area (Å²) in [7, 11) is 0. The van der Waals surface area contributed by atoms with Crippen LogP contribution in [0.3, 0.4) is 0 Å². The number of rotatable bonds is 7. The summed E-state index contributed by atoms with van der Waals surface area (Å²) in [6, 6.07) is 14.8. The van der Waals surface area contributed by atoms with Crippen LogP contribution in [0, 0.1) is 0 Å². The topological polar surface area (TPSA) is 50.7 Å². The summed E-state index contributed by atoms with van der Waals surface area (Å²) in [6.45, 7) is 2.79. The number of hydrogen-bond acceptors (Lipinski definition) is 3. The van der Waals surface area contributed by atoms with Crippen molar-refractivity contribution < 1.29 is 9.53 Å². The number of benzene rings is 2. The van der Waals surface area contributed by atoms with Crippen LogP contribution < -0.4 is 10.2 Å². The molecule has 1 amide bonds. The molecule has 120 valence electrons. The van der Waals surface area contributed by atoms with Crippen LogP contribution in [0.2, 0.25) is 0 Å². The summed E-state index contributed by atoms with van der Waals surface area (Å²) < 4.78 is 6.46. The van der Waals surface area contributed by atoms with Crippen molar-refractivity contribution in [1.29, 1.82) is 0 Å². The third-order valence-corrected chi connectivity index (χ3v) is 3.85. The van der Waals surface area contributed by atoms with E-state index in [4.69, 9.17) is 4.74 Å². The van der Waals surface area contributed by atoms with Gasteiger partial charge in [0.1, 0.15) is 5.75 Å². The molecular weight excluding hydrogens is 356 g/mol. The van der Waals surface area contributed by atoms with Gasteiger partial charge in [-0.15, -0.1) is 0 Å². The number of para-hydroxylation sites is 1. The molecule has 0 heterocycles. The summed E-state index contributed by atoms with van der Waals surface area (Å²) in [5, 5.41) is 4.02. The molecule has 4 nitrogen and oxygen atoms in total. The van der Waals surface area contributed by atoms with E-state index in [9.17, 15) is 4.79 Å². The second-order valence-corrected chi connectivity index (χ2v) is 5.77. The lowest BCUT2D eigenvalue weighted by Gasteiger charge is -2.08. The Hall–Kier alpha value is -2.14. The standard InChI is InChI=1S/C18H19BrN2O2/c1-2-3-12-23-17-11-7-4-8-14(17)13-20-21-18(22)15-9-5-6-10-16(15)19/h4-11,13H,2-3,12H2,1H3,(H,21,22)/b20-13+. The molecule has 2 aromatic carbocycles. The molecule has 2 aromatic rings. The number of amides is 1. The second-order valence-electron chi connectivity index (χ2n) is 4.92. The van der Waals surface area contributed by atoms with Crippen LogP contribution in [-0.2, 0) is 0 Å². The van der Waals surface area contributed by atoms with Crippen LogP contribution in [0.5, 0.6) is 5.75 Å². The van der Waals surface area contributed by atoms with E-state index in [2.05, 4.69) is 33.4 Å². The molecule has 0 fully saturated rings. The largest absolute Gasteiger partial charge is 0.493 e. The van der Waals surface area contributed by atoms with Gasteiger partial charge in [-0.25, -0.2) is 5.43 Å². The molecule has 23 heavy (non-hydrogen) atoms. The molecule has 0 bridgehead atoms. The van der Waals surface area contributed by atoms with E-state index in [1.54, 1.807) is 18.3 Å². The van der Waals surface area contributed by atoms with Gasteiger partial charge in [-0.2, -0.15) is 5.10 Å². The van der Waals surface area contributed by atoms with Gasteiger partial charge in [0.2, 0.25) is 0 Å². The number of unbranched alkanes of at least 4 members (excludes halogenated alkanes) is 1. The molecule has 0 aliphatic rings. The highest BCUT2D eigenvalue weighted by molar-refractivity contribution is 9.10. The molecule has 1 N–H and O–H groups in total. The Balaban J connectivity index is 2.00. The Morgan fingerprint density at radius 3 is 2.74 bits per heavy atom. The average molecular weight is 375 g/mol. The second kappa shape index (κ2) is 9.10. The minimum Gasteiger partial charge on any atom is -0.493 e. The predicted octanol–water partition coefficient (Wildman–Crippen LogP) is 4.39. The van der Waals surface area contributed by atoms with E-state index < -0.39 is 0 Å². The van der Waals surface area contributed by atoms with E-state index in [0.717, 1.165) is 28.6 Å². The van der Waals surface area contributed by atoms with E-state index >= 15 is 0 Å². The Labute approximate surface area is 144 Å². The lowest BCUT2D eigenvalue weighted by atomic mass is 10.2. The summed E-state index contributed by atoms with van der Waals surface area (Å²) in [6.07, 6.45) is 3.68. The minimum absolute atomic E-state index is 0.266. The monoisotopic (exact) mass is 374 g/mol. The fourth-order valence-corrected chi connectivity index (χ4v) is 2.38. The number of ether oxygens (including phenoxy) is 1. The maximum Gasteiger partial charge on any atom is 0.272 e. The van der Waals surface area contributed by atoms with E-state index in [-0.39, 0.29) is 5.91 Å². The Bertz CT molecular complexity index is 686. The molecule has 0 aromatic heterocycles. The minimum atomic E-state index is -0.266. The molecule has 0 aliphatic carbocycles. The van der Waals surface area contributed by atoms with Crippen molar-refractivity contribution in [1.82, 2.24) is 5.43 Å². The third-order valence-electron chi connectivity index (χ3n) is 3.16. The van der Waals surface area contributed by atoms with Gasteiger partial charge in [0.15, 0.2) is 0 Å². The van der Waals surface area contributed by atoms with Crippen LogP contribution in [0.15, 0.2) is 58.1 Å². The van der Waals surface area contributed by atoms with Gasteiger partial charge in [-0.05, 0) is 46.6 Å². The highest BCUT2D eigenvalue weighted by atomic mass is 79.9. The first-order valence-electron chi connectivity index (χ1n) is 7.52. The van der Waals surface area contributed by atoms with Gasteiger partial charge in [0, 0.05) is 10.0 Å². The fraction of sp³-hybridized carbons (Fsp3) is 0.222. The number of nitrogens with zero attached hydrogens (tertiary/aromatic N) is 1. The number of hydrogen-bond donors (Lipinski definition) is 1. The summed E-state index contributed by atoms with van der Waals surface area (Å²) in [5.41, 5.74) is 3.90. The van der Waals surface area contributed by atoms with Crippen LogP contribution in [0.4, 0.5) is 0 Å². The normalized spacial score (nSPS) is 10.7. The third kappa shape index (κ3) is 5.21. The summed E-state index contributed by atoms with van der Waals surface area (Å²) in [4.78, 5) is 12.1. The van der Waals surface area contributed by atoms with Crippen LogP contribution in [-0.4, -0.2) is 18.7 Å². The van der Waals surface area contributed by atoms with Crippen molar-refractivity contribution in [2.24, 2.45) is 5.10 Å². The van der Waals surface area contributed by atoms with Gasteiger partial charge >= 0.3 is 0 Å². The predicted molar refractivity (Wildman–Crippen MR) is 96.0 cm³/mol. The van der Waals surface area contributed by atoms with Crippen molar-refractivity contribution in [2.75, 3.05) is 6.61 Å². The molecule has 0 spiro atoms. The Morgan fingerprint density at radius 2 is 1.96 bits per heavy atom. The maximum atomic E-state index is 12.1. The maximum absolute atomic E-state index is 12.1. The summed E-state index contributed by atoms with van der Waals surface area (Å²) in [5.74, 6) is 0.498. The first kappa shape index (κ1) is 17.2. The molecule has 0 aliphatic heterocycles. The number of halogens is 1. The first-order chi connectivity index (χ1) is 11.2. The van der Waals surface area contributed by atoms with Gasteiger partial charge in [0.05, 0.1) is 18.4 Å². The Morgan fingerprint density at radius 1 is 1.22 bits per heavy atom. The van der Waals surface area contributed by atoms with Gasteiger partial charge in [-0.1, -0.05) is 37.6 Å². The van der Waals surface area contributed by atoms with Crippen molar-refractivity contribution in [3.05, 3.63) is 64.1 Å². The number of nitrogens with one attached hydrogen (secondary N) is 1. The molecule has 5 heteroatoms. The SMILES string of the molecule is CCCCOc1ccccc1/C=N/NC(=O)c1ccccc1Br. The van der Waals surface area contributed by atoms with E-state index in [0.29, 0.717) is 12.2 Å². The zero-order valence-corrected chi connectivity index (χ0v) is 14.5. The highest BCUT2D eigenvalue weighted by Gasteiger charge is 2.07. The molecule has 0 atom stereocenters. The molecular formula is C18H19BrN2O2. The molecule has 2 rings (SSSR count). The average Bonchev–Trinajstić information content (AvgIpc) is 2.57. The fourth-order valence-electron chi connectivity index (χ4n) is 1.91. The zero-order valence-electron chi connectivity index (χ0n) is 13.0. The van der Waals surface area contributed by atoms with Gasteiger partial charge in [0.25, 0.3) is 5.91 Å². The Kier molecular flexibility index (Phi) is 6.81. The molecule has 0 saturated heterocycles. The van der Waals surface area contributed by atoms with Crippen molar-refractivity contribution >= 4 is 28.1 Å². The van der Waals surface area contributed by atoms with Crippen molar-refractivity contribution in [2.45, 2.75) is 19.8 Å². The number of carbonyl (C=O) groups is 1. The lowest BCUT2D eigenvalue weighted by molar-refractivity contribution is 0.0954.